The summed E-state index contributed by atoms with van der Waals surface area (Å²) in [5, 5.41) is 4.31. The van der Waals surface area contributed by atoms with E-state index >= 15 is 0 Å². The van der Waals surface area contributed by atoms with Crippen LogP contribution in [0, 0.1) is 11.8 Å². The highest BCUT2D eigenvalue weighted by molar-refractivity contribution is 7.91. The van der Waals surface area contributed by atoms with Gasteiger partial charge in [0.1, 0.15) is 0 Å². The van der Waals surface area contributed by atoms with Gasteiger partial charge in [0.2, 0.25) is 5.88 Å². The Bertz CT molecular complexity index is 1350. The van der Waals surface area contributed by atoms with Gasteiger partial charge < -0.3 is 10.1 Å². The van der Waals surface area contributed by atoms with Gasteiger partial charge in [0.05, 0.1) is 23.2 Å². The van der Waals surface area contributed by atoms with Crippen molar-refractivity contribution in [1.29, 1.82) is 0 Å². The van der Waals surface area contributed by atoms with Crippen molar-refractivity contribution in [1.82, 2.24) is 10.3 Å². The zero-order valence-electron chi connectivity index (χ0n) is 20.4. The highest BCUT2D eigenvalue weighted by atomic mass is 32.2. The Morgan fingerprint density at radius 3 is 2.41 bits per heavy atom. The molecular weight excluding hydrogens is 505 g/mol. The minimum absolute atomic E-state index is 0.0241. The van der Waals surface area contributed by atoms with Crippen molar-refractivity contribution in [3.05, 3.63) is 65.9 Å². The monoisotopic (exact) mass is 534 g/mol. The van der Waals surface area contributed by atoms with Gasteiger partial charge in [-0.2, -0.15) is 13.2 Å². The van der Waals surface area contributed by atoms with Crippen molar-refractivity contribution in [2.24, 2.45) is 11.8 Å². The molecule has 1 heterocycles. The fourth-order valence-electron chi connectivity index (χ4n) is 4.53. The quantitative estimate of drug-likeness (QED) is 0.400. The number of fused-ring (bicyclic) bond motifs is 1. The van der Waals surface area contributed by atoms with E-state index in [0.717, 1.165) is 16.3 Å². The van der Waals surface area contributed by atoms with Crippen LogP contribution in [-0.4, -0.2) is 37.8 Å². The Labute approximate surface area is 214 Å². The van der Waals surface area contributed by atoms with Crippen molar-refractivity contribution >= 4 is 26.5 Å². The molecule has 198 valence electrons. The van der Waals surface area contributed by atoms with Gasteiger partial charge in [-0.3, -0.25) is 4.79 Å². The van der Waals surface area contributed by atoms with E-state index in [1.165, 1.54) is 12.1 Å². The number of amides is 1. The zero-order valence-corrected chi connectivity index (χ0v) is 21.2. The number of nitrogens with zero attached hydrogens (tertiary/aromatic N) is 1. The lowest BCUT2D eigenvalue weighted by Crippen LogP contribution is -2.29. The van der Waals surface area contributed by atoms with Gasteiger partial charge in [-0.25, -0.2) is 13.4 Å². The van der Waals surface area contributed by atoms with Crippen LogP contribution in [0.4, 0.5) is 13.2 Å². The maximum Gasteiger partial charge on any atom is 0.391 e. The molecule has 2 aromatic carbocycles. The highest BCUT2D eigenvalue weighted by Crippen LogP contribution is 2.39. The number of sulfone groups is 1. The van der Waals surface area contributed by atoms with Crippen molar-refractivity contribution < 1.29 is 31.1 Å². The molecule has 10 heteroatoms. The first-order valence-corrected chi connectivity index (χ1v) is 13.9. The molecule has 1 aliphatic carbocycles. The number of ether oxygens (including phenoxy) is 1. The first-order valence-electron chi connectivity index (χ1n) is 12.2. The van der Waals surface area contributed by atoms with E-state index < -0.39 is 21.9 Å². The molecule has 1 amide bonds. The first kappa shape index (κ1) is 26.9. The number of benzene rings is 2. The molecule has 3 aromatic rings. The number of nitrogens with one attached hydrogen (secondary N) is 1. The Morgan fingerprint density at radius 2 is 1.76 bits per heavy atom. The van der Waals surface area contributed by atoms with E-state index in [4.69, 9.17) is 4.74 Å². The van der Waals surface area contributed by atoms with Crippen molar-refractivity contribution in [3.63, 3.8) is 0 Å². The molecule has 0 atom stereocenters. The van der Waals surface area contributed by atoms with Gasteiger partial charge >= 0.3 is 6.18 Å². The van der Waals surface area contributed by atoms with Gasteiger partial charge in [-0.05, 0) is 78.9 Å². The number of carbonyl (C=O) groups is 1. The summed E-state index contributed by atoms with van der Waals surface area (Å²) in [6.45, 7) is 2.13. The minimum Gasteiger partial charge on any atom is -0.477 e. The number of rotatable bonds is 8. The summed E-state index contributed by atoms with van der Waals surface area (Å²) in [4.78, 5) is 17.2. The number of pyridine rings is 1. The number of hydrogen-bond donors (Lipinski definition) is 1. The predicted octanol–water partition coefficient (Wildman–Crippen LogP) is 5.71. The Hall–Kier alpha value is -3.14. The fourth-order valence-corrected chi connectivity index (χ4v) is 5.41. The van der Waals surface area contributed by atoms with E-state index in [-0.39, 0.29) is 41.9 Å². The molecule has 1 saturated carbocycles. The third kappa shape index (κ3) is 6.60. The molecule has 37 heavy (non-hydrogen) atoms. The zero-order chi connectivity index (χ0) is 26.6. The fraction of sp³-hybridized carbons (Fsp3) is 0.407. The van der Waals surface area contributed by atoms with Gasteiger partial charge in [-0.1, -0.05) is 19.1 Å². The van der Waals surface area contributed by atoms with Crippen molar-refractivity contribution in [2.75, 3.05) is 12.4 Å². The van der Waals surface area contributed by atoms with Gasteiger partial charge in [-0.15, -0.1) is 0 Å². The highest BCUT2D eigenvalue weighted by Gasteiger charge is 2.41. The van der Waals surface area contributed by atoms with Crippen LogP contribution in [0.25, 0.3) is 10.8 Å². The molecular formula is C27H29F3N2O4S. The van der Waals surface area contributed by atoms with E-state index in [2.05, 4.69) is 10.3 Å². The predicted molar refractivity (Wildman–Crippen MR) is 134 cm³/mol. The molecule has 6 nitrogen and oxygen atoms in total. The van der Waals surface area contributed by atoms with Gasteiger partial charge in [0.25, 0.3) is 5.91 Å². The second-order valence-electron chi connectivity index (χ2n) is 9.35. The normalized spacial score (nSPS) is 18.5. The van der Waals surface area contributed by atoms with Gasteiger partial charge in [0, 0.05) is 23.7 Å². The van der Waals surface area contributed by atoms with Crippen LogP contribution in [0.1, 0.15) is 48.5 Å². The molecule has 1 fully saturated rings. The third-order valence-corrected chi connectivity index (χ3v) is 8.62. The summed E-state index contributed by atoms with van der Waals surface area (Å²) in [7, 11) is -3.28. The number of alkyl halides is 3. The number of aromatic nitrogens is 1. The number of hydrogen-bond acceptors (Lipinski definition) is 5. The van der Waals surface area contributed by atoms with Gasteiger partial charge in [0.15, 0.2) is 9.84 Å². The molecule has 0 unspecified atom stereocenters. The van der Waals surface area contributed by atoms with E-state index in [1.807, 2.05) is 0 Å². The molecule has 0 aliphatic heterocycles. The van der Waals surface area contributed by atoms with Crippen LogP contribution < -0.4 is 10.1 Å². The van der Waals surface area contributed by atoms with Crippen LogP contribution in [0.3, 0.4) is 0 Å². The van der Waals surface area contributed by atoms with Crippen LogP contribution in [0.15, 0.2) is 59.6 Å². The SMILES string of the molecule is CCS(=O)(=O)c1ccc(CNC(=O)c2ccc3c(OC[C@H]4CC[C@H](C(F)(F)F)CC4)nccc3c2)cc1. The molecule has 0 saturated heterocycles. The van der Waals surface area contributed by atoms with Crippen LogP contribution in [-0.2, 0) is 16.4 Å². The number of carbonyl (C=O) groups excluding carboxylic acids is 1. The van der Waals surface area contributed by atoms with Crippen molar-refractivity contribution in [3.8, 4) is 5.88 Å². The Morgan fingerprint density at radius 1 is 1.05 bits per heavy atom. The summed E-state index contributed by atoms with van der Waals surface area (Å²) in [5.74, 6) is -1.04. The van der Waals surface area contributed by atoms with Crippen LogP contribution >= 0.6 is 0 Å². The average Bonchev–Trinajstić information content (AvgIpc) is 2.90. The second kappa shape index (κ2) is 11.1. The van der Waals surface area contributed by atoms with E-state index in [0.29, 0.717) is 30.9 Å². The maximum atomic E-state index is 12.9. The second-order valence-corrected chi connectivity index (χ2v) is 11.6. The summed E-state index contributed by atoms with van der Waals surface area (Å²) in [5.41, 5.74) is 1.22. The topological polar surface area (TPSA) is 85.4 Å². The molecule has 1 aromatic heterocycles. The lowest BCUT2D eigenvalue weighted by molar-refractivity contribution is -0.184. The average molecular weight is 535 g/mol. The largest absolute Gasteiger partial charge is 0.477 e. The molecule has 0 bridgehead atoms. The summed E-state index contributed by atoms with van der Waals surface area (Å²) in [6, 6.07) is 13.3. The van der Waals surface area contributed by atoms with Crippen LogP contribution in [0.5, 0.6) is 5.88 Å². The number of halogens is 3. The standard InChI is InChI=1S/C27H29F3N2O4S/c1-2-37(34,35)23-10-5-18(6-11-23)16-32-25(33)21-7-12-24-20(15-21)13-14-31-26(24)36-17-19-3-8-22(9-4-19)27(28,29)30/h5-7,10-15,19,22H,2-4,8-9,16-17H2,1H3,(H,32,33)/t19-,22-. The molecule has 1 aliphatic rings. The lowest BCUT2D eigenvalue weighted by Gasteiger charge is -2.29. The third-order valence-electron chi connectivity index (χ3n) is 6.87. The molecule has 4 rings (SSSR count). The smallest absolute Gasteiger partial charge is 0.391 e. The van der Waals surface area contributed by atoms with Crippen molar-refractivity contribution in [2.45, 2.75) is 50.2 Å². The summed E-state index contributed by atoms with van der Waals surface area (Å²) >= 11 is 0. The lowest BCUT2D eigenvalue weighted by atomic mass is 9.82. The molecule has 1 N–H and O–H groups in total. The minimum atomic E-state index is -4.13. The maximum absolute atomic E-state index is 12.9. The molecule has 0 spiro atoms. The Balaban J connectivity index is 1.35. The van der Waals surface area contributed by atoms with E-state index in [1.54, 1.807) is 49.5 Å². The molecule has 0 radical (unpaired) electrons. The summed E-state index contributed by atoms with van der Waals surface area (Å²) < 4.78 is 68.5. The Kier molecular flexibility index (Phi) is 8.06. The van der Waals surface area contributed by atoms with E-state index in [9.17, 15) is 26.4 Å². The first-order chi connectivity index (χ1) is 17.6. The summed E-state index contributed by atoms with van der Waals surface area (Å²) in [6.07, 6.45) is -1.37. The van der Waals surface area contributed by atoms with Crippen LogP contribution in [0.2, 0.25) is 0 Å².